The summed E-state index contributed by atoms with van der Waals surface area (Å²) in [6, 6.07) is 10.6. The monoisotopic (exact) mass is 425 g/mol. The van der Waals surface area contributed by atoms with Gasteiger partial charge in [0.25, 0.3) is 5.91 Å². The molecule has 0 aliphatic heterocycles. The van der Waals surface area contributed by atoms with Gasteiger partial charge < -0.3 is 14.8 Å². The maximum Gasteiger partial charge on any atom is 0.253 e. The minimum atomic E-state index is -0.231. The van der Waals surface area contributed by atoms with Crippen molar-refractivity contribution in [3.8, 4) is 11.5 Å². The summed E-state index contributed by atoms with van der Waals surface area (Å²) in [5.41, 5.74) is 1.35. The molecule has 1 N–H and O–H groups in total. The first-order chi connectivity index (χ1) is 12.0. The Bertz CT molecular complexity index is 751. The van der Waals surface area contributed by atoms with E-state index in [1.54, 1.807) is 18.2 Å². The van der Waals surface area contributed by atoms with Gasteiger partial charge in [0.05, 0.1) is 29.8 Å². The SMILES string of the molecule is CCOc1ccc([C@@H](C)NC(=O)c2cc(Br)ccc2Cl)cc1OCC. The number of benzene rings is 2. The van der Waals surface area contributed by atoms with Crippen molar-refractivity contribution in [2.45, 2.75) is 26.8 Å². The van der Waals surface area contributed by atoms with Gasteiger partial charge >= 0.3 is 0 Å². The average molecular weight is 427 g/mol. The fourth-order valence-corrected chi connectivity index (χ4v) is 2.93. The molecule has 0 aromatic heterocycles. The van der Waals surface area contributed by atoms with Crippen LogP contribution in [-0.4, -0.2) is 19.1 Å². The van der Waals surface area contributed by atoms with Crippen LogP contribution in [-0.2, 0) is 0 Å². The second-order valence-corrected chi connectivity index (χ2v) is 6.71. The van der Waals surface area contributed by atoms with E-state index in [-0.39, 0.29) is 11.9 Å². The Labute approximate surface area is 161 Å². The van der Waals surface area contributed by atoms with Crippen LogP contribution in [0.3, 0.4) is 0 Å². The molecule has 0 saturated carbocycles. The molecular weight excluding hydrogens is 406 g/mol. The Morgan fingerprint density at radius 3 is 2.48 bits per heavy atom. The average Bonchev–Trinajstić information content (AvgIpc) is 2.58. The molecule has 6 heteroatoms. The fraction of sp³-hybridized carbons (Fsp3) is 0.316. The van der Waals surface area contributed by atoms with Crippen molar-refractivity contribution in [1.82, 2.24) is 5.32 Å². The molecule has 0 saturated heterocycles. The molecule has 0 unspecified atom stereocenters. The number of halogens is 2. The summed E-state index contributed by atoms with van der Waals surface area (Å²) in [6.07, 6.45) is 0. The van der Waals surface area contributed by atoms with Crippen LogP contribution in [0, 0.1) is 0 Å². The zero-order valence-electron chi connectivity index (χ0n) is 14.4. The van der Waals surface area contributed by atoms with Gasteiger partial charge in [-0.15, -0.1) is 0 Å². The number of hydrogen-bond donors (Lipinski definition) is 1. The lowest BCUT2D eigenvalue weighted by Crippen LogP contribution is -2.27. The van der Waals surface area contributed by atoms with Crippen molar-refractivity contribution in [3.63, 3.8) is 0 Å². The van der Waals surface area contributed by atoms with Crippen molar-refractivity contribution in [2.75, 3.05) is 13.2 Å². The molecule has 25 heavy (non-hydrogen) atoms. The number of rotatable bonds is 7. The minimum absolute atomic E-state index is 0.211. The van der Waals surface area contributed by atoms with E-state index in [9.17, 15) is 4.79 Å². The number of hydrogen-bond acceptors (Lipinski definition) is 3. The maximum absolute atomic E-state index is 12.5. The normalized spacial score (nSPS) is 11.7. The number of carbonyl (C=O) groups is 1. The number of carbonyl (C=O) groups excluding carboxylic acids is 1. The van der Waals surface area contributed by atoms with E-state index in [0.29, 0.717) is 35.3 Å². The van der Waals surface area contributed by atoms with Gasteiger partial charge in [-0.1, -0.05) is 33.6 Å². The molecular formula is C19H21BrClNO3. The lowest BCUT2D eigenvalue weighted by molar-refractivity contribution is 0.0940. The van der Waals surface area contributed by atoms with E-state index in [1.165, 1.54) is 0 Å². The standard InChI is InChI=1S/C19H21BrClNO3/c1-4-24-17-9-6-13(10-18(17)25-5-2)12(3)22-19(23)15-11-14(20)7-8-16(15)21/h6-12H,4-5H2,1-3H3,(H,22,23)/t12-/m1/s1. The zero-order valence-corrected chi connectivity index (χ0v) is 16.8. The Balaban J connectivity index is 2.19. The van der Waals surface area contributed by atoms with Gasteiger partial charge in [0.15, 0.2) is 11.5 Å². The highest BCUT2D eigenvalue weighted by Crippen LogP contribution is 2.31. The van der Waals surface area contributed by atoms with Gasteiger partial charge in [-0.05, 0) is 56.7 Å². The van der Waals surface area contributed by atoms with Gasteiger partial charge in [0.1, 0.15) is 0 Å². The quantitative estimate of drug-likeness (QED) is 0.645. The first kappa shape index (κ1) is 19.6. The molecule has 0 heterocycles. The largest absolute Gasteiger partial charge is 0.490 e. The van der Waals surface area contributed by atoms with Crippen molar-refractivity contribution >= 4 is 33.4 Å². The van der Waals surface area contributed by atoms with E-state index >= 15 is 0 Å². The molecule has 0 fully saturated rings. The fourth-order valence-electron chi connectivity index (χ4n) is 2.37. The molecule has 134 valence electrons. The second-order valence-electron chi connectivity index (χ2n) is 5.39. The molecule has 0 radical (unpaired) electrons. The summed E-state index contributed by atoms with van der Waals surface area (Å²) in [5, 5.41) is 3.37. The van der Waals surface area contributed by atoms with Crippen LogP contribution in [0.2, 0.25) is 5.02 Å². The summed E-state index contributed by atoms with van der Waals surface area (Å²) in [7, 11) is 0. The molecule has 4 nitrogen and oxygen atoms in total. The second kappa shape index (κ2) is 9.11. The molecule has 1 atom stereocenters. The Morgan fingerprint density at radius 1 is 1.12 bits per heavy atom. The van der Waals surface area contributed by atoms with Crippen LogP contribution >= 0.6 is 27.5 Å². The van der Waals surface area contributed by atoms with Gasteiger partial charge in [-0.3, -0.25) is 4.79 Å². The van der Waals surface area contributed by atoms with E-state index in [1.807, 2.05) is 39.0 Å². The van der Waals surface area contributed by atoms with Crippen LogP contribution in [0.5, 0.6) is 11.5 Å². The van der Waals surface area contributed by atoms with E-state index < -0.39 is 0 Å². The summed E-state index contributed by atoms with van der Waals surface area (Å²) < 4.78 is 12.0. The lowest BCUT2D eigenvalue weighted by Gasteiger charge is -2.18. The summed E-state index contributed by atoms with van der Waals surface area (Å²) in [6.45, 7) is 6.86. The molecule has 2 aromatic rings. The van der Waals surface area contributed by atoms with E-state index in [4.69, 9.17) is 21.1 Å². The van der Waals surface area contributed by atoms with Crippen LogP contribution < -0.4 is 14.8 Å². The van der Waals surface area contributed by atoms with E-state index in [2.05, 4.69) is 21.2 Å². The first-order valence-electron chi connectivity index (χ1n) is 8.11. The van der Waals surface area contributed by atoms with Gasteiger partial charge in [-0.2, -0.15) is 0 Å². The smallest absolute Gasteiger partial charge is 0.253 e. The van der Waals surface area contributed by atoms with Crippen molar-refractivity contribution < 1.29 is 14.3 Å². The van der Waals surface area contributed by atoms with Crippen molar-refractivity contribution in [2.24, 2.45) is 0 Å². The molecule has 1 amide bonds. The molecule has 0 aliphatic carbocycles. The molecule has 0 aliphatic rings. The van der Waals surface area contributed by atoms with Gasteiger partial charge in [0, 0.05) is 4.47 Å². The zero-order chi connectivity index (χ0) is 18.4. The predicted octanol–water partition coefficient (Wildman–Crippen LogP) is 5.39. The molecule has 0 spiro atoms. The Morgan fingerprint density at radius 2 is 1.80 bits per heavy atom. The van der Waals surface area contributed by atoms with Crippen LogP contribution in [0.25, 0.3) is 0 Å². The highest BCUT2D eigenvalue weighted by Gasteiger charge is 2.16. The molecule has 0 bridgehead atoms. The van der Waals surface area contributed by atoms with Gasteiger partial charge in [-0.25, -0.2) is 0 Å². The van der Waals surface area contributed by atoms with E-state index in [0.717, 1.165) is 10.0 Å². The minimum Gasteiger partial charge on any atom is -0.490 e. The lowest BCUT2D eigenvalue weighted by atomic mass is 10.1. The van der Waals surface area contributed by atoms with Crippen molar-refractivity contribution in [1.29, 1.82) is 0 Å². The van der Waals surface area contributed by atoms with Crippen molar-refractivity contribution in [3.05, 3.63) is 57.0 Å². The number of nitrogens with one attached hydrogen (secondary N) is 1. The maximum atomic E-state index is 12.5. The Hall–Kier alpha value is -1.72. The van der Waals surface area contributed by atoms with Crippen LogP contribution in [0.15, 0.2) is 40.9 Å². The number of amides is 1. The summed E-state index contributed by atoms with van der Waals surface area (Å²) in [4.78, 5) is 12.5. The predicted molar refractivity (Wildman–Crippen MR) is 104 cm³/mol. The highest BCUT2D eigenvalue weighted by molar-refractivity contribution is 9.10. The molecule has 2 rings (SSSR count). The topological polar surface area (TPSA) is 47.6 Å². The van der Waals surface area contributed by atoms with Crippen LogP contribution in [0.1, 0.15) is 42.7 Å². The van der Waals surface area contributed by atoms with Gasteiger partial charge in [0.2, 0.25) is 0 Å². The molecule has 2 aromatic carbocycles. The Kier molecular flexibility index (Phi) is 7.14. The van der Waals surface area contributed by atoms with Crippen LogP contribution in [0.4, 0.5) is 0 Å². The number of ether oxygens (including phenoxy) is 2. The highest BCUT2D eigenvalue weighted by atomic mass is 79.9. The summed E-state index contributed by atoms with van der Waals surface area (Å²) in [5.74, 6) is 1.13. The third-order valence-electron chi connectivity index (χ3n) is 3.59. The third kappa shape index (κ3) is 5.13. The summed E-state index contributed by atoms with van der Waals surface area (Å²) >= 11 is 9.48. The third-order valence-corrected chi connectivity index (χ3v) is 4.41. The first-order valence-corrected chi connectivity index (χ1v) is 9.28.